The Bertz CT molecular complexity index is 1490. The van der Waals surface area contributed by atoms with Gasteiger partial charge in [0.25, 0.3) is 0 Å². The fourth-order valence-electron chi connectivity index (χ4n) is 6.29. The molecule has 202 valence electrons. The van der Waals surface area contributed by atoms with Crippen LogP contribution in [-0.4, -0.2) is 41.2 Å². The number of amides is 3. The number of alkyl halides is 3. The third kappa shape index (κ3) is 3.60. The van der Waals surface area contributed by atoms with Crippen LogP contribution in [0, 0.1) is 18.3 Å². The molecule has 6 rings (SSSR count). The van der Waals surface area contributed by atoms with Gasteiger partial charge in [-0.3, -0.25) is 19.6 Å². The van der Waals surface area contributed by atoms with Crippen molar-refractivity contribution >= 4 is 17.8 Å². The lowest BCUT2D eigenvalue weighted by Gasteiger charge is -2.52. The fraction of sp³-hybridized carbons (Fsp3) is 0.345. The molecule has 3 amide bonds. The molecule has 1 fully saturated rings. The van der Waals surface area contributed by atoms with Crippen LogP contribution in [0.25, 0.3) is 0 Å². The minimum absolute atomic E-state index is 0.160. The second-order valence-electron chi connectivity index (χ2n) is 10.6. The highest BCUT2D eigenvalue weighted by Gasteiger charge is 2.61. The number of allylic oxidation sites excluding steroid dienone is 1. The lowest BCUT2D eigenvalue weighted by atomic mass is 9.72. The van der Waals surface area contributed by atoms with E-state index in [4.69, 9.17) is 9.73 Å². The standard InChI is InChI=1S/C29H27F3N4O3/c1-15-6-5-7-18(12-15)24-23(17-8-10-19(11-9-17)29(30,31)32)34-26-28(3)20(39-4)13-16(2)22-25(28)35(14-21(37)33-22)27(38)36(24)26/h5-13,16,23-24H,14H2,1-4H3,(H,33,37). The highest BCUT2D eigenvalue weighted by molar-refractivity contribution is 6.10. The number of amidine groups is 1. The van der Waals surface area contributed by atoms with Crippen LogP contribution in [0.5, 0.6) is 0 Å². The number of carbonyl (C=O) groups is 2. The monoisotopic (exact) mass is 536 g/mol. The van der Waals surface area contributed by atoms with Crippen LogP contribution in [-0.2, 0) is 15.7 Å². The molecule has 3 aliphatic heterocycles. The number of rotatable bonds is 3. The van der Waals surface area contributed by atoms with E-state index in [-0.39, 0.29) is 18.4 Å². The molecule has 2 aromatic rings. The minimum Gasteiger partial charge on any atom is -0.500 e. The number of aryl methyl sites for hydroxylation is 1. The maximum atomic E-state index is 14.2. The number of halogens is 3. The van der Waals surface area contributed by atoms with Gasteiger partial charge in [0.05, 0.1) is 24.4 Å². The number of nitrogens with zero attached hydrogens (tertiary/aromatic N) is 3. The molecule has 0 saturated carbocycles. The number of benzene rings is 2. The van der Waals surface area contributed by atoms with Crippen LogP contribution >= 0.6 is 0 Å². The van der Waals surface area contributed by atoms with Crippen LogP contribution in [0.15, 0.2) is 76.8 Å². The topological polar surface area (TPSA) is 74.2 Å². The highest BCUT2D eigenvalue weighted by Crippen LogP contribution is 2.56. The third-order valence-electron chi connectivity index (χ3n) is 8.06. The molecule has 3 heterocycles. The number of hydrogen-bond donors (Lipinski definition) is 1. The van der Waals surface area contributed by atoms with Gasteiger partial charge in [-0.15, -0.1) is 0 Å². The van der Waals surface area contributed by atoms with Gasteiger partial charge in [-0.05, 0) is 43.2 Å². The number of aliphatic imine (C=N–C) groups is 1. The maximum Gasteiger partial charge on any atom is 0.416 e. The maximum absolute atomic E-state index is 14.2. The van der Waals surface area contributed by atoms with E-state index in [0.29, 0.717) is 28.6 Å². The molecule has 0 aromatic heterocycles. The molecule has 0 spiro atoms. The molecule has 4 unspecified atom stereocenters. The van der Waals surface area contributed by atoms with Crippen LogP contribution < -0.4 is 5.32 Å². The van der Waals surface area contributed by atoms with Crippen molar-refractivity contribution in [2.24, 2.45) is 16.3 Å². The number of carbonyl (C=O) groups excluding carboxylic acids is 2. The van der Waals surface area contributed by atoms with Gasteiger partial charge in [-0.1, -0.05) is 48.9 Å². The molecule has 0 radical (unpaired) electrons. The minimum atomic E-state index is -4.47. The molecule has 1 saturated heterocycles. The van der Waals surface area contributed by atoms with Crippen molar-refractivity contribution in [3.63, 3.8) is 0 Å². The predicted octanol–water partition coefficient (Wildman–Crippen LogP) is 5.47. The Balaban J connectivity index is 1.58. The zero-order valence-electron chi connectivity index (χ0n) is 21.8. The van der Waals surface area contributed by atoms with Crippen molar-refractivity contribution in [3.05, 3.63) is 94.0 Å². The van der Waals surface area contributed by atoms with Crippen LogP contribution in [0.4, 0.5) is 18.0 Å². The highest BCUT2D eigenvalue weighted by atomic mass is 19.4. The molecule has 0 bridgehead atoms. The SMILES string of the molecule is COC1=CC(C)C2=C3N(CC(=O)N2)C(=O)N2C(=NC(c4ccc(C(F)(F)F)cc4)C2c2cccc(C)c2)C13C. The zero-order chi connectivity index (χ0) is 27.9. The molecule has 4 atom stereocenters. The first kappa shape index (κ1) is 25.2. The fourth-order valence-corrected chi connectivity index (χ4v) is 6.29. The summed E-state index contributed by atoms with van der Waals surface area (Å²) in [6.07, 6.45) is -2.56. The van der Waals surface area contributed by atoms with E-state index in [2.05, 4.69) is 5.32 Å². The largest absolute Gasteiger partial charge is 0.500 e. The van der Waals surface area contributed by atoms with Gasteiger partial charge in [0.2, 0.25) is 5.91 Å². The molecule has 1 N–H and O–H groups in total. The lowest BCUT2D eigenvalue weighted by Crippen LogP contribution is -2.64. The normalized spacial score (nSPS) is 28.0. The van der Waals surface area contributed by atoms with E-state index >= 15 is 0 Å². The first-order valence-electron chi connectivity index (χ1n) is 12.7. The zero-order valence-corrected chi connectivity index (χ0v) is 21.8. The second-order valence-corrected chi connectivity index (χ2v) is 10.6. The van der Waals surface area contributed by atoms with Gasteiger partial charge >= 0.3 is 12.2 Å². The van der Waals surface area contributed by atoms with E-state index in [1.54, 1.807) is 12.0 Å². The van der Waals surface area contributed by atoms with Gasteiger partial charge in [0.1, 0.15) is 29.6 Å². The summed E-state index contributed by atoms with van der Waals surface area (Å²) >= 11 is 0. The van der Waals surface area contributed by atoms with Gasteiger partial charge in [0, 0.05) is 11.6 Å². The van der Waals surface area contributed by atoms with Crippen molar-refractivity contribution in [3.8, 4) is 0 Å². The van der Waals surface area contributed by atoms with E-state index in [1.165, 1.54) is 17.0 Å². The smallest absolute Gasteiger partial charge is 0.416 e. The Labute approximate surface area is 223 Å². The number of urea groups is 1. The number of hydrogen-bond acceptors (Lipinski definition) is 4. The van der Waals surface area contributed by atoms with Crippen LogP contribution in [0.2, 0.25) is 0 Å². The molecule has 10 heteroatoms. The summed E-state index contributed by atoms with van der Waals surface area (Å²) in [7, 11) is 1.56. The summed E-state index contributed by atoms with van der Waals surface area (Å²) in [5.41, 5.74) is 1.76. The van der Waals surface area contributed by atoms with Crippen molar-refractivity contribution in [2.45, 2.75) is 39.0 Å². The van der Waals surface area contributed by atoms with Gasteiger partial charge in [-0.25, -0.2) is 4.79 Å². The summed E-state index contributed by atoms with van der Waals surface area (Å²) in [6, 6.07) is 10.8. The Hall–Kier alpha value is -4.08. The first-order valence-corrected chi connectivity index (χ1v) is 12.7. The lowest BCUT2D eigenvalue weighted by molar-refractivity contribution is -0.137. The van der Waals surface area contributed by atoms with E-state index in [9.17, 15) is 22.8 Å². The van der Waals surface area contributed by atoms with Crippen molar-refractivity contribution in [1.82, 2.24) is 15.1 Å². The third-order valence-corrected chi connectivity index (χ3v) is 8.06. The van der Waals surface area contributed by atoms with Gasteiger partial charge in [0.15, 0.2) is 0 Å². The van der Waals surface area contributed by atoms with Crippen molar-refractivity contribution in [1.29, 1.82) is 0 Å². The molecule has 39 heavy (non-hydrogen) atoms. The summed E-state index contributed by atoms with van der Waals surface area (Å²) in [4.78, 5) is 35.1. The Morgan fingerprint density at radius 3 is 2.46 bits per heavy atom. The molecular weight excluding hydrogens is 509 g/mol. The number of nitrogens with one attached hydrogen (secondary N) is 1. The Kier molecular flexibility index (Phi) is 5.47. The Morgan fingerprint density at radius 1 is 1.10 bits per heavy atom. The summed E-state index contributed by atoms with van der Waals surface area (Å²) in [5.74, 6) is 0.511. The predicted molar refractivity (Wildman–Crippen MR) is 137 cm³/mol. The summed E-state index contributed by atoms with van der Waals surface area (Å²) in [5, 5.41) is 2.95. The van der Waals surface area contributed by atoms with E-state index in [1.807, 2.05) is 51.1 Å². The molecule has 7 nitrogen and oxygen atoms in total. The second kappa shape index (κ2) is 8.46. The number of ether oxygens (including phenoxy) is 1. The van der Waals surface area contributed by atoms with Crippen LogP contribution in [0.1, 0.15) is 48.2 Å². The van der Waals surface area contributed by atoms with Crippen LogP contribution in [0.3, 0.4) is 0 Å². The van der Waals surface area contributed by atoms with Crippen molar-refractivity contribution in [2.75, 3.05) is 13.7 Å². The molecular formula is C29H27F3N4O3. The Morgan fingerprint density at radius 2 is 1.82 bits per heavy atom. The molecule has 2 aromatic carbocycles. The quantitative estimate of drug-likeness (QED) is 0.565. The molecule has 4 aliphatic rings. The van der Waals surface area contributed by atoms with E-state index in [0.717, 1.165) is 23.3 Å². The first-order chi connectivity index (χ1) is 18.4. The average molecular weight is 537 g/mol. The van der Waals surface area contributed by atoms with Crippen molar-refractivity contribution < 1.29 is 27.5 Å². The number of methoxy groups -OCH3 is 1. The summed E-state index contributed by atoms with van der Waals surface area (Å²) < 4.78 is 45.9. The van der Waals surface area contributed by atoms with E-state index < -0.39 is 35.3 Å². The molecule has 1 aliphatic carbocycles. The number of fused-ring (bicyclic) bond motifs is 2. The summed E-state index contributed by atoms with van der Waals surface area (Å²) in [6.45, 7) is 5.60. The average Bonchev–Trinajstić information content (AvgIpc) is 3.30. The van der Waals surface area contributed by atoms with Gasteiger partial charge < -0.3 is 10.1 Å². The van der Waals surface area contributed by atoms with Gasteiger partial charge in [-0.2, -0.15) is 13.2 Å².